The average Bonchev–Trinajstić information content (AvgIpc) is 3.29. The lowest BCUT2D eigenvalue weighted by Gasteiger charge is -2.44. The van der Waals surface area contributed by atoms with E-state index in [0.717, 1.165) is 56.5 Å². The number of carbonyl (C=O) groups is 2. The van der Waals surface area contributed by atoms with Gasteiger partial charge >= 0.3 is 7.12 Å². The van der Waals surface area contributed by atoms with Crippen LogP contribution in [0.15, 0.2) is 65.3 Å². The average molecular weight is 645 g/mol. The zero-order valence-corrected chi connectivity index (χ0v) is 28.0. The van der Waals surface area contributed by atoms with Crippen LogP contribution in [-0.2, 0) is 20.8 Å². The Hall–Kier alpha value is -2.91. The van der Waals surface area contributed by atoms with Crippen molar-refractivity contribution >= 4 is 36.6 Å². The number of hydrogen-bond acceptors (Lipinski definition) is 6. The number of halogens is 1. The lowest BCUT2D eigenvalue weighted by molar-refractivity contribution is -0.144. The van der Waals surface area contributed by atoms with Gasteiger partial charge in [0.05, 0.1) is 23.0 Å². The van der Waals surface area contributed by atoms with Crippen LogP contribution in [0.1, 0.15) is 70.4 Å². The molecule has 4 aliphatic rings. The van der Waals surface area contributed by atoms with Gasteiger partial charge in [-0.25, -0.2) is 0 Å². The van der Waals surface area contributed by atoms with Crippen molar-refractivity contribution in [1.82, 2.24) is 9.80 Å². The maximum absolute atomic E-state index is 14.2. The predicted molar refractivity (Wildman–Crippen MR) is 182 cm³/mol. The molecule has 1 aliphatic carbocycles. The van der Waals surface area contributed by atoms with E-state index in [2.05, 4.69) is 56.0 Å². The molecule has 9 heteroatoms. The summed E-state index contributed by atoms with van der Waals surface area (Å²) in [7, 11) is -0.982. The van der Waals surface area contributed by atoms with E-state index in [0.29, 0.717) is 24.2 Å². The smallest absolute Gasteiger partial charge is 0.455 e. The van der Waals surface area contributed by atoms with Crippen molar-refractivity contribution in [2.45, 2.75) is 84.3 Å². The fourth-order valence-electron chi connectivity index (χ4n) is 8.33. The molecule has 46 heavy (non-hydrogen) atoms. The van der Waals surface area contributed by atoms with Gasteiger partial charge in [-0.05, 0) is 91.6 Å². The summed E-state index contributed by atoms with van der Waals surface area (Å²) in [6.07, 6.45) is 6.46. The molecule has 0 spiro atoms. The van der Waals surface area contributed by atoms with Gasteiger partial charge < -0.3 is 14.8 Å². The van der Waals surface area contributed by atoms with Crippen molar-refractivity contribution in [3.63, 3.8) is 0 Å². The highest BCUT2D eigenvalue weighted by Crippen LogP contribution is 2.52. The van der Waals surface area contributed by atoms with Gasteiger partial charge in [-0.15, -0.1) is 0 Å². The van der Waals surface area contributed by atoms with Gasteiger partial charge in [0.1, 0.15) is 5.75 Å². The molecule has 0 unspecified atom stereocenters. The van der Waals surface area contributed by atoms with E-state index in [9.17, 15) is 19.7 Å². The maximum Gasteiger partial charge on any atom is 0.455 e. The second-order valence-corrected chi connectivity index (χ2v) is 14.2. The maximum atomic E-state index is 14.2. The molecule has 7 nitrogen and oxygen atoms in total. The number of phenols is 1. The number of imide groups is 1. The number of amides is 2. The zero-order chi connectivity index (χ0) is 32.5. The van der Waals surface area contributed by atoms with E-state index < -0.39 is 13.0 Å². The van der Waals surface area contributed by atoms with Crippen molar-refractivity contribution in [1.29, 1.82) is 0 Å². The standard InChI is InChI=1S/C37H46BClN2O5/c1-4-24(18-26-11-12-28(42)19-32(26)39)10-13-33-34-29(23(2)3)20-30-35(31(34)21-38(45)46-33)37(44)41(36(30)43)27-14-16-40(17-15-27)22-25-8-6-5-7-9-25/h5-9,11-12,18-19,23,27,30-31,33,35,42,45H,4,10,13-17,20-22H2,1-3H3/b24-18+/t30-,31+,33-,35-/m1/s1. The third-order valence-corrected chi connectivity index (χ3v) is 11.0. The number of rotatable bonds is 9. The molecule has 3 saturated heterocycles. The largest absolute Gasteiger partial charge is 0.508 e. The molecule has 2 aromatic rings. The molecule has 3 heterocycles. The van der Waals surface area contributed by atoms with E-state index in [4.69, 9.17) is 16.3 Å². The fourth-order valence-corrected chi connectivity index (χ4v) is 8.56. The second kappa shape index (κ2) is 14.1. The molecule has 0 aromatic heterocycles. The third-order valence-electron chi connectivity index (χ3n) is 10.7. The van der Waals surface area contributed by atoms with Crippen LogP contribution in [-0.4, -0.2) is 64.1 Å². The summed E-state index contributed by atoms with van der Waals surface area (Å²) < 4.78 is 6.23. The first kappa shape index (κ1) is 33.0. The topological polar surface area (TPSA) is 90.3 Å². The van der Waals surface area contributed by atoms with Crippen LogP contribution in [0.25, 0.3) is 6.08 Å². The molecule has 6 rings (SSSR count). The molecule has 2 aromatic carbocycles. The second-order valence-electron chi connectivity index (χ2n) is 13.8. The Morgan fingerprint density at radius 1 is 1.09 bits per heavy atom. The summed E-state index contributed by atoms with van der Waals surface area (Å²) in [5, 5.41) is 21.2. The number of allylic oxidation sites excluding steroid dienone is 2. The van der Waals surface area contributed by atoms with Gasteiger partial charge in [0.15, 0.2) is 0 Å². The normalized spacial score (nSPS) is 26.3. The summed E-state index contributed by atoms with van der Waals surface area (Å²) in [6, 6.07) is 15.3. The van der Waals surface area contributed by atoms with Crippen LogP contribution in [0.3, 0.4) is 0 Å². The quantitative estimate of drug-likeness (QED) is 0.179. The van der Waals surface area contributed by atoms with E-state index in [1.165, 1.54) is 16.7 Å². The third kappa shape index (κ3) is 6.73. The van der Waals surface area contributed by atoms with Crippen LogP contribution < -0.4 is 0 Å². The molecule has 0 bridgehead atoms. The van der Waals surface area contributed by atoms with Crippen LogP contribution in [0.4, 0.5) is 0 Å². The first-order valence-corrected chi connectivity index (χ1v) is 17.4. The Kier molecular flexibility index (Phi) is 10.1. The monoisotopic (exact) mass is 644 g/mol. The summed E-state index contributed by atoms with van der Waals surface area (Å²) >= 11 is 6.39. The number of hydrogen-bond donors (Lipinski definition) is 2. The van der Waals surface area contributed by atoms with Crippen molar-refractivity contribution in [2.24, 2.45) is 23.7 Å². The summed E-state index contributed by atoms with van der Waals surface area (Å²) in [6.45, 7) is 9.01. The predicted octanol–water partition coefficient (Wildman–Crippen LogP) is 6.74. The first-order valence-electron chi connectivity index (χ1n) is 17.0. The number of nitrogens with zero attached hydrogens (tertiary/aromatic N) is 2. The van der Waals surface area contributed by atoms with Gasteiger partial charge in [-0.3, -0.25) is 19.4 Å². The number of likely N-dealkylation sites (tertiary alicyclic amines) is 2. The Morgan fingerprint density at radius 2 is 1.83 bits per heavy atom. The van der Waals surface area contributed by atoms with Crippen LogP contribution >= 0.6 is 11.6 Å². The van der Waals surface area contributed by atoms with Gasteiger partial charge in [-0.1, -0.05) is 79.9 Å². The zero-order valence-electron chi connectivity index (χ0n) is 27.2. The number of carbonyl (C=O) groups excluding carboxylic acids is 2. The Morgan fingerprint density at radius 3 is 2.50 bits per heavy atom. The highest BCUT2D eigenvalue weighted by Gasteiger charge is 2.58. The minimum atomic E-state index is -0.982. The van der Waals surface area contributed by atoms with Crippen LogP contribution in [0, 0.1) is 23.7 Å². The van der Waals surface area contributed by atoms with Crippen LogP contribution in [0.2, 0.25) is 11.3 Å². The number of fused-ring (bicyclic) bond motifs is 3. The minimum Gasteiger partial charge on any atom is -0.508 e. The van der Waals surface area contributed by atoms with Crippen molar-refractivity contribution in [3.05, 3.63) is 81.4 Å². The first-order chi connectivity index (χ1) is 22.1. The number of piperidine rings is 1. The molecule has 2 N–H and O–H groups in total. The van der Waals surface area contributed by atoms with Gasteiger partial charge in [-0.2, -0.15) is 0 Å². The van der Waals surface area contributed by atoms with Crippen molar-refractivity contribution < 1.29 is 24.4 Å². The van der Waals surface area contributed by atoms with E-state index in [1.54, 1.807) is 17.0 Å². The number of aromatic hydroxyl groups is 1. The van der Waals surface area contributed by atoms with Crippen molar-refractivity contribution in [2.75, 3.05) is 13.1 Å². The SMILES string of the molecule is CC/C(=C\c1ccc(O)cc1Cl)CC[C@H]1OB(O)C[C@H]2C1=C(C(C)C)C[C@H]1C(=O)N(C3CCN(Cc4ccccc4)CC3)C(=O)[C@H]12. The summed E-state index contributed by atoms with van der Waals surface area (Å²) in [4.78, 5) is 32.3. The molecule has 244 valence electrons. The molecular weight excluding hydrogens is 599 g/mol. The van der Waals surface area contributed by atoms with Gasteiger partial charge in [0, 0.05) is 25.7 Å². The Labute approximate surface area is 278 Å². The Balaban J connectivity index is 1.19. The molecule has 4 atom stereocenters. The number of phenolic OH excluding ortho intramolecular Hbond substituents is 1. The summed E-state index contributed by atoms with van der Waals surface area (Å²) in [5.74, 6) is -0.745. The lowest BCUT2D eigenvalue weighted by atomic mass is 9.57. The van der Waals surface area contributed by atoms with E-state index >= 15 is 0 Å². The molecule has 3 fully saturated rings. The van der Waals surface area contributed by atoms with E-state index in [1.807, 2.05) is 12.1 Å². The van der Waals surface area contributed by atoms with Crippen molar-refractivity contribution in [3.8, 4) is 5.75 Å². The van der Waals surface area contributed by atoms with Crippen LogP contribution in [0.5, 0.6) is 5.75 Å². The van der Waals surface area contributed by atoms with E-state index in [-0.39, 0.29) is 47.5 Å². The summed E-state index contributed by atoms with van der Waals surface area (Å²) in [5.41, 5.74) is 5.67. The minimum absolute atomic E-state index is 0.0202. The molecule has 0 saturated carbocycles. The van der Waals surface area contributed by atoms with Gasteiger partial charge in [0.2, 0.25) is 11.8 Å². The highest BCUT2D eigenvalue weighted by atomic mass is 35.5. The molecular formula is C37H46BClN2O5. The number of benzene rings is 2. The fraction of sp³-hybridized carbons (Fsp3) is 0.514. The lowest BCUT2D eigenvalue weighted by Crippen LogP contribution is -2.48. The molecule has 3 aliphatic heterocycles. The highest BCUT2D eigenvalue weighted by molar-refractivity contribution is 6.43. The van der Waals surface area contributed by atoms with Gasteiger partial charge in [0.25, 0.3) is 0 Å². The molecule has 2 amide bonds. The Bertz CT molecular complexity index is 1500. The molecule has 0 radical (unpaired) electrons.